The molecule has 8 nitrogen and oxygen atoms in total. The van der Waals surface area contributed by atoms with Crippen LogP contribution in [0.15, 0.2) is 0 Å². The minimum atomic E-state index is -1.67. The number of rotatable bonds is 26. The summed E-state index contributed by atoms with van der Waals surface area (Å²) in [6, 6.07) is 0. The topological polar surface area (TPSA) is 127 Å². The number of carboxylic acid groups (broad SMARTS) is 2. The highest BCUT2D eigenvalue weighted by Crippen LogP contribution is 2.15. The number of unbranched alkanes of at least 4 members (excludes halogenated alkanes) is 16. The fourth-order valence-corrected chi connectivity index (χ4v) is 4.19. The van der Waals surface area contributed by atoms with Crippen LogP contribution >= 0.6 is 0 Å². The standard InChI is InChI=1S/C29H52O8/c1-3-5-7-9-11-13-15-17-19-21-26(30)36-24(28(32)33)23-25(29(34)35)37-27(31)22-20-18-16-14-12-10-8-6-4-2/h24-25H,3-23H2,1-2H3,(H,32,33)(H,34,35)/t24-,25-/m1/s1. The summed E-state index contributed by atoms with van der Waals surface area (Å²) in [6.07, 6.45) is 15.6. The van der Waals surface area contributed by atoms with Crippen LogP contribution in [-0.2, 0) is 28.7 Å². The van der Waals surface area contributed by atoms with Crippen LogP contribution in [0.4, 0.5) is 0 Å². The number of ether oxygens (including phenoxy) is 2. The van der Waals surface area contributed by atoms with Crippen LogP contribution in [0.2, 0.25) is 0 Å². The van der Waals surface area contributed by atoms with E-state index in [0.29, 0.717) is 12.8 Å². The number of hydrogen-bond donors (Lipinski definition) is 2. The molecule has 0 aromatic rings. The van der Waals surface area contributed by atoms with Gasteiger partial charge in [0.05, 0.1) is 0 Å². The van der Waals surface area contributed by atoms with E-state index in [1.807, 2.05) is 0 Å². The Morgan fingerprint density at radius 1 is 0.486 bits per heavy atom. The lowest BCUT2D eigenvalue weighted by Gasteiger charge is -2.19. The van der Waals surface area contributed by atoms with Crippen LogP contribution < -0.4 is 0 Å². The average Bonchev–Trinajstić information content (AvgIpc) is 2.85. The van der Waals surface area contributed by atoms with Gasteiger partial charge in [-0.2, -0.15) is 0 Å². The molecule has 0 spiro atoms. The van der Waals surface area contributed by atoms with Crippen molar-refractivity contribution in [3.8, 4) is 0 Å². The maximum Gasteiger partial charge on any atom is 0.345 e. The largest absolute Gasteiger partial charge is 0.479 e. The number of carbonyl (C=O) groups excluding carboxylic acids is 2. The van der Waals surface area contributed by atoms with Gasteiger partial charge in [-0.25, -0.2) is 9.59 Å². The first kappa shape index (κ1) is 34.9. The van der Waals surface area contributed by atoms with E-state index < -0.39 is 42.5 Å². The first-order valence-electron chi connectivity index (χ1n) is 14.7. The summed E-state index contributed by atoms with van der Waals surface area (Å²) in [4.78, 5) is 47.3. The summed E-state index contributed by atoms with van der Waals surface area (Å²) >= 11 is 0. The molecule has 2 atom stereocenters. The molecular weight excluding hydrogens is 476 g/mol. The Morgan fingerprint density at radius 3 is 1.03 bits per heavy atom. The second-order valence-electron chi connectivity index (χ2n) is 10.0. The number of hydrogen-bond acceptors (Lipinski definition) is 6. The maximum absolute atomic E-state index is 12.1. The highest BCUT2D eigenvalue weighted by atomic mass is 16.6. The summed E-state index contributed by atoms with van der Waals surface area (Å²) in [7, 11) is 0. The molecule has 0 rings (SSSR count). The Balaban J connectivity index is 4.23. The minimum Gasteiger partial charge on any atom is -0.479 e. The predicted molar refractivity (Wildman–Crippen MR) is 143 cm³/mol. The van der Waals surface area contributed by atoms with Crippen molar-refractivity contribution in [1.29, 1.82) is 0 Å². The Labute approximate surface area is 223 Å². The summed E-state index contributed by atoms with van der Waals surface area (Å²) in [5.74, 6) is -4.27. The lowest BCUT2D eigenvalue weighted by Crippen LogP contribution is -2.36. The van der Waals surface area contributed by atoms with Gasteiger partial charge in [0.2, 0.25) is 12.2 Å². The van der Waals surface area contributed by atoms with E-state index in [1.54, 1.807) is 0 Å². The number of carbonyl (C=O) groups is 4. The molecule has 0 fully saturated rings. The van der Waals surface area contributed by atoms with Gasteiger partial charge < -0.3 is 19.7 Å². The van der Waals surface area contributed by atoms with Gasteiger partial charge in [-0.3, -0.25) is 9.59 Å². The first-order valence-corrected chi connectivity index (χ1v) is 14.7. The van der Waals surface area contributed by atoms with Crippen molar-refractivity contribution in [2.45, 2.75) is 161 Å². The van der Waals surface area contributed by atoms with Crippen molar-refractivity contribution in [3.63, 3.8) is 0 Å². The highest BCUT2D eigenvalue weighted by molar-refractivity contribution is 5.81. The number of carboxylic acids is 2. The summed E-state index contributed by atoms with van der Waals surface area (Å²) in [6.45, 7) is 4.36. The second-order valence-corrected chi connectivity index (χ2v) is 10.0. The fourth-order valence-electron chi connectivity index (χ4n) is 4.19. The predicted octanol–water partition coefficient (Wildman–Crippen LogP) is 7.21. The SMILES string of the molecule is CCCCCCCCCCCC(=O)O[C@H](C[C@@H](OC(=O)CCCCCCCCCCC)C(=O)O)C(=O)O. The lowest BCUT2D eigenvalue weighted by atomic mass is 10.1. The van der Waals surface area contributed by atoms with Gasteiger partial charge in [0.1, 0.15) is 0 Å². The molecule has 2 N–H and O–H groups in total. The molecule has 0 radical (unpaired) electrons. The van der Waals surface area contributed by atoms with Crippen molar-refractivity contribution in [1.82, 2.24) is 0 Å². The fraction of sp³-hybridized carbons (Fsp3) is 0.862. The van der Waals surface area contributed by atoms with Gasteiger partial charge in [0.25, 0.3) is 0 Å². The molecule has 0 amide bonds. The van der Waals surface area contributed by atoms with Crippen LogP contribution in [0.3, 0.4) is 0 Å². The third kappa shape index (κ3) is 21.7. The molecule has 8 heteroatoms. The van der Waals surface area contributed by atoms with Crippen LogP contribution in [-0.4, -0.2) is 46.3 Å². The average molecular weight is 529 g/mol. The molecule has 0 bridgehead atoms. The highest BCUT2D eigenvalue weighted by Gasteiger charge is 2.32. The lowest BCUT2D eigenvalue weighted by molar-refractivity contribution is -0.174. The van der Waals surface area contributed by atoms with Crippen molar-refractivity contribution in [2.24, 2.45) is 0 Å². The van der Waals surface area contributed by atoms with Crippen molar-refractivity contribution in [2.75, 3.05) is 0 Å². The molecule has 0 aliphatic rings. The minimum absolute atomic E-state index is 0.0791. The second kappa shape index (κ2) is 24.2. The molecule has 216 valence electrons. The van der Waals surface area contributed by atoms with Crippen molar-refractivity contribution >= 4 is 23.9 Å². The van der Waals surface area contributed by atoms with Gasteiger partial charge in [-0.15, -0.1) is 0 Å². The maximum atomic E-state index is 12.1. The Kier molecular flexibility index (Phi) is 22.8. The van der Waals surface area contributed by atoms with Gasteiger partial charge in [0, 0.05) is 19.3 Å². The van der Waals surface area contributed by atoms with Gasteiger partial charge in [-0.05, 0) is 12.8 Å². The summed E-state index contributed by atoms with van der Waals surface area (Å²) < 4.78 is 10.0. The normalized spacial score (nSPS) is 12.6. The molecule has 0 aliphatic carbocycles. The monoisotopic (exact) mass is 528 g/mol. The zero-order chi connectivity index (χ0) is 27.7. The molecule has 0 saturated carbocycles. The molecular formula is C29H52O8. The van der Waals surface area contributed by atoms with E-state index in [9.17, 15) is 29.4 Å². The number of esters is 2. The van der Waals surface area contributed by atoms with Crippen molar-refractivity contribution in [3.05, 3.63) is 0 Å². The van der Waals surface area contributed by atoms with E-state index in [2.05, 4.69) is 13.8 Å². The third-order valence-electron chi connectivity index (χ3n) is 6.50. The molecule has 37 heavy (non-hydrogen) atoms. The Hall–Kier alpha value is -2.12. The molecule has 0 aromatic carbocycles. The molecule has 0 aromatic heterocycles. The first-order chi connectivity index (χ1) is 17.8. The van der Waals surface area contributed by atoms with Crippen molar-refractivity contribution < 1.29 is 38.9 Å². The Bertz CT molecular complexity index is 567. The summed E-state index contributed by atoms with van der Waals surface area (Å²) in [5, 5.41) is 18.8. The molecule has 0 saturated heterocycles. The van der Waals surface area contributed by atoms with Crippen LogP contribution in [0, 0.1) is 0 Å². The third-order valence-corrected chi connectivity index (χ3v) is 6.50. The zero-order valence-corrected chi connectivity index (χ0v) is 23.3. The Morgan fingerprint density at radius 2 is 0.757 bits per heavy atom. The molecule has 0 aliphatic heterocycles. The smallest absolute Gasteiger partial charge is 0.345 e. The molecule has 0 heterocycles. The van der Waals surface area contributed by atoms with E-state index >= 15 is 0 Å². The van der Waals surface area contributed by atoms with Crippen LogP contribution in [0.25, 0.3) is 0 Å². The number of aliphatic carboxylic acids is 2. The molecule has 0 unspecified atom stereocenters. The van der Waals surface area contributed by atoms with Crippen LogP contribution in [0.5, 0.6) is 0 Å². The van der Waals surface area contributed by atoms with E-state index in [-0.39, 0.29) is 12.8 Å². The van der Waals surface area contributed by atoms with E-state index in [4.69, 9.17) is 9.47 Å². The quantitative estimate of drug-likeness (QED) is 0.0890. The van der Waals surface area contributed by atoms with Crippen LogP contribution in [0.1, 0.15) is 149 Å². The zero-order valence-electron chi connectivity index (χ0n) is 23.3. The summed E-state index contributed by atoms with van der Waals surface area (Å²) in [5.41, 5.74) is 0. The van der Waals surface area contributed by atoms with E-state index in [0.717, 1.165) is 38.5 Å². The van der Waals surface area contributed by atoms with Gasteiger partial charge in [0.15, 0.2) is 0 Å². The van der Waals surface area contributed by atoms with Gasteiger partial charge in [-0.1, -0.05) is 117 Å². The van der Waals surface area contributed by atoms with E-state index in [1.165, 1.54) is 64.2 Å². The van der Waals surface area contributed by atoms with Gasteiger partial charge >= 0.3 is 23.9 Å².